The number of likely N-dealkylation sites (tertiary alicyclic amines) is 1. The summed E-state index contributed by atoms with van der Waals surface area (Å²) >= 11 is 0. The van der Waals surface area contributed by atoms with E-state index in [9.17, 15) is 9.18 Å². The molecule has 0 spiro atoms. The van der Waals surface area contributed by atoms with Crippen LogP contribution in [0, 0.1) is 17.1 Å². The standard InChI is InChI=1S/C23H27FN6O/c1-4-26-19-11-15(24)10-18-20(19)28-21(31)23(18,3)30-9-5-8-22(2,14-30)29-17-7-6-16(12-25)27-13-17/h6-7,10-11,13,26,29H,4-5,8-9,14H2,1-3H3,(H,28,31)/t22?,23-/m1/s1. The normalized spacial score (nSPS) is 25.5. The fraction of sp³-hybridized carbons (Fsp3) is 0.435. The van der Waals surface area contributed by atoms with Crippen molar-refractivity contribution < 1.29 is 9.18 Å². The van der Waals surface area contributed by atoms with Gasteiger partial charge in [0.1, 0.15) is 23.1 Å². The number of nitrogens with zero attached hydrogens (tertiary/aromatic N) is 3. The smallest absolute Gasteiger partial charge is 0.249 e. The number of hydrogen-bond donors (Lipinski definition) is 3. The Kier molecular flexibility index (Phi) is 5.31. The second kappa shape index (κ2) is 7.82. The Morgan fingerprint density at radius 3 is 2.84 bits per heavy atom. The molecular formula is C23H27FN6O. The van der Waals surface area contributed by atoms with Gasteiger partial charge in [-0.2, -0.15) is 5.26 Å². The summed E-state index contributed by atoms with van der Waals surface area (Å²) in [4.78, 5) is 19.5. The van der Waals surface area contributed by atoms with E-state index in [1.807, 2.05) is 26.0 Å². The van der Waals surface area contributed by atoms with Crippen LogP contribution >= 0.6 is 0 Å². The number of benzene rings is 1. The third kappa shape index (κ3) is 3.70. The maximum Gasteiger partial charge on any atom is 0.249 e. The number of anilines is 3. The Hall–Kier alpha value is -3.18. The predicted molar refractivity (Wildman–Crippen MR) is 118 cm³/mol. The number of carbonyl (C=O) groups excluding carboxylic acids is 1. The third-order valence-corrected chi connectivity index (χ3v) is 6.33. The number of piperidine rings is 1. The summed E-state index contributed by atoms with van der Waals surface area (Å²) in [6.07, 6.45) is 3.46. The monoisotopic (exact) mass is 422 g/mol. The quantitative estimate of drug-likeness (QED) is 0.681. The Morgan fingerprint density at radius 2 is 2.16 bits per heavy atom. The molecule has 0 radical (unpaired) electrons. The molecule has 1 saturated heterocycles. The summed E-state index contributed by atoms with van der Waals surface area (Å²) in [6.45, 7) is 7.89. The Bertz CT molecular complexity index is 1050. The zero-order valence-corrected chi connectivity index (χ0v) is 18.1. The average molecular weight is 423 g/mol. The molecule has 3 N–H and O–H groups in total. The van der Waals surface area contributed by atoms with E-state index in [1.165, 1.54) is 12.1 Å². The van der Waals surface area contributed by atoms with Crippen LogP contribution in [0.25, 0.3) is 0 Å². The van der Waals surface area contributed by atoms with Crippen LogP contribution in [0.15, 0.2) is 30.5 Å². The van der Waals surface area contributed by atoms with Gasteiger partial charge in [0.05, 0.1) is 23.3 Å². The van der Waals surface area contributed by atoms with Gasteiger partial charge >= 0.3 is 0 Å². The summed E-state index contributed by atoms with van der Waals surface area (Å²) in [5.41, 5.74) is 1.85. The van der Waals surface area contributed by atoms with Gasteiger partial charge in [0.15, 0.2) is 0 Å². The molecule has 1 aromatic carbocycles. The zero-order valence-electron chi connectivity index (χ0n) is 18.1. The molecule has 8 heteroatoms. The number of pyridine rings is 1. The molecule has 31 heavy (non-hydrogen) atoms. The molecule has 4 rings (SSSR count). The number of carbonyl (C=O) groups is 1. The molecule has 0 saturated carbocycles. The minimum atomic E-state index is -0.964. The number of rotatable bonds is 5. The first-order chi connectivity index (χ1) is 14.8. The molecule has 2 aliphatic rings. The van der Waals surface area contributed by atoms with Crippen molar-refractivity contribution in [3.05, 3.63) is 47.5 Å². The highest BCUT2D eigenvalue weighted by Gasteiger charge is 2.51. The summed E-state index contributed by atoms with van der Waals surface area (Å²) < 4.78 is 14.4. The topological polar surface area (TPSA) is 93.1 Å². The van der Waals surface area contributed by atoms with Crippen molar-refractivity contribution >= 4 is 23.0 Å². The fourth-order valence-electron chi connectivity index (χ4n) is 4.73. The molecule has 1 amide bonds. The molecule has 2 atom stereocenters. The Morgan fingerprint density at radius 1 is 1.35 bits per heavy atom. The van der Waals surface area contributed by atoms with Crippen molar-refractivity contribution in [3.8, 4) is 6.07 Å². The Labute approximate surface area is 181 Å². The van der Waals surface area contributed by atoms with E-state index in [0.29, 0.717) is 35.7 Å². The summed E-state index contributed by atoms with van der Waals surface area (Å²) in [5.74, 6) is -0.504. The summed E-state index contributed by atoms with van der Waals surface area (Å²) in [7, 11) is 0. The number of halogens is 1. The van der Waals surface area contributed by atoms with Gasteiger partial charge in [-0.15, -0.1) is 0 Å². The highest BCUT2D eigenvalue weighted by Crippen LogP contribution is 2.46. The van der Waals surface area contributed by atoms with Crippen molar-refractivity contribution in [2.45, 2.75) is 44.7 Å². The number of aromatic nitrogens is 1. The van der Waals surface area contributed by atoms with E-state index in [0.717, 1.165) is 25.1 Å². The average Bonchev–Trinajstić information content (AvgIpc) is 3.00. The lowest BCUT2D eigenvalue weighted by atomic mass is 9.84. The van der Waals surface area contributed by atoms with Gasteiger partial charge in [-0.25, -0.2) is 9.37 Å². The molecule has 0 bridgehead atoms. The van der Waals surface area contributed by atoms with Crippen molar-refractivity contribution in [3.63, 3.8) is 0 Å². The lowest BCUT2D eigenvalue weighted by Gasteiger charge is -2.47. The maximum atomic E-state index is 14.4. The number of amides is 1. The van der Waals surface area contributed by atoms with Gasteiger partial charge in [-0.1, -0.05) is 0 Å². The molecule has 1 unspecified atom stereocenters. The molecular weight excluding hydrogens is 395 g/mol. The van der Waals surface area contributed by atoms with E-state index in [1.54, 1.807) is 12.3 Å². The first-order valence-corrected chi connectivity index (χ1v) is 10.6. The van der Waals surface area contributed by atoms with Crippen LogP contribution in [0.5, 0.6) is 0 Å². The van der Waals surface area contributed by atoms with Gasteiger partial charge in [0, 0.05) is 24.2 Å². The van der Waals surface area contributed by atoms with Crippen LogP contribution in [0.2, 0.25) is 0 Å². The molecule has 2 aliphatic heterocycles. The number of hydrogen-bond acceptors (Lipinski definition) is 6. The second-order valence-electron chi connectivity index (χ2n) is 8.69. The van der Waals surface area contributed by atoms with Gasteiger partial charge in [-0.3, -0.25) is 9.69 Å². The van der Waals surface area contributed by atoms with E-state index < -0.39 is 5.54 Å². The van der Waals surface area contributed by atoms with Gasteiger partial charge in [-0.05, 0) is 64.4 Å². The third-order valence-electron chi connectivity index (χ3n) is 6.33. The van der Waals surface area contributed by atoms with E-state index in [2.05, 4.69) is 32.8 Å². The molecule has 162 valence electrons. The first kappa shape index (κ1) is 21.1. The number of fused-ring (bicyclic) bond motifs is 1. The molecule has 2 aromatic rings. The summed E-state index contributed by atoms with van der Waals surface area (Å²) in [5, 5.41) is 18.6. The van der Waals surface area contributed by atoms with Crippen molar-refractivity contribution in [1.29, 1.82) is 5.26 Å². The highest BCUT2D eigenvalue weighted by molar-refractivity contribution is 6.08. The van der Waals surface area contributed by atoms with Crippen molar-refractivity contribution in [1.82, 2.24) is 9.88 Å². The molecule has 1 fully saturated rings. The largest absolute Gasteiger partial charge is 0.384 e. The van der Waals surface area contributed by atoms with Crippen LogP contribution in [-0.2, 0) is 10.3 Å². The van der Waals surface area contributed by atoms with Crippen LogP contribution in [0.4, 0.5) is 21.5 Å². The summed E-state index contributed by atoms with van der Waals surface area (Å²) in [6, 6.07) is 8.44. The van der Waals surface area contributed by atoms with Gasteiger partial charge < -0.3 is 16.0 Å². The van der Waals surface area contributed by atoms with E-state index in [-0.39, 0.29) is 17.3 Å². The number of nitrogens with one attached hydrogen (secondary N) is 3. The molecule has 3 heterocycles. The molecule has 0 aliphatic carbocycles. The van der Waals surface area contributed by atoms with Crippen LogP contribution in [0.3, 0.4) is 0 Å². The zero-order chi connectivity index (χ0) is 22.2. The first-order valence-electron chi connectivity index (χ1n) is 10.6. The predicted octanol–water partition coefficient (Wildman–Crippen LogP) is 3.66. The minimum Gasteiger partial charge on any atom is -0.384 e. The van der Waals surface area contributed by atoms with Crippen LogP contribution in [-0.4, -0.2) is 41.0 Å². The number of nitriles is 1. The van der Waals surface area contributed by atoms with E-state index >= 15 is 0 Å². The van der Waals surface area contributed by atoms with Crippen LogP contribution in [0.1, 0.15) is 44.9 Å². The van der Waals surface area contributed by atoms with Crippen molar-refractivity contribution in [2.24, 2.45) is 0 Å². The fourth-order valence-corrected chi connectivity index (χ4v) is 4.73. The Balaban J connectivity index is 1.64. The second-order valence-corrected chi connectivity index (χ2v) is 8.69. The maximum absolute atomic E-state index is 14.4. The highest BCUT2D eigenvalue weighted by atomic mass is 19.1. The van der Waals surface area contributed by atoms with Crippen molar-refractivity contribution in [2.75, 3.05) is 35.6 Å². The van der Waals surface area contributed by atoms with E-state index in [4.69, 9.17) is 5.26 Å². The van der Waals surface area contributed by atoms with Gasteiger partial charge in [0.25, 0.3) is 0 Å². The van der Waals surface area contributed by atoms with Gasteiger partial charge in [0.2, 0.25) is 5.91 Å². The van der Waals surface area contributed by atoms with Crippen LogP contribution < -0.4 is 16.0 Å². The lowest BCUT2D eigenvalue weighted by molar-refractivity contribution is -0.128. The minimum absolute atomic E-state index is 0.142. The molecule has 7 nitrogen and oxygen atoms in total. The SMILES string of the molecule is CCNc1cc(F)cc2c1NC(=O)[C@]2(C)N1CCCC(C)(Nc2ccc(C#N)nc2)C1. The molecule has 1 aromatic heterocycles. The lowest BCUT2D eigenvalue weighted by Crippen LogP contribution is -2.59.